The summed E-state index contributed by atoms with van der Waals surface area (Å²) in [4.78, 5) is 16.1. The third-order valence-corrected chi connectivity index (χ3v) is 6.70. The normalized spacial score (nSPS) is 14.0. The molecule has 1 aliphatic heterocycles. The van der Waals surface area contributed by atoms with E-state index in [1.54, 1.807) is 12.1 Å². The Labute approximate surface area is 217 Å². The second-order valence-corrected chi connectivity index (χ2v) is 9.31. The fraction of sp³-hybridized carbons (Fsp3) is 0.182. The molecule has 5 rings (SSSR count). The molecule has 0 spiro atoms. The molecule has 4 heteroatoms. The van der Waals surface area contributed by atoms with Gasteiger partial charge < -0.3 is 4.74 Å². The maximum absolute atomic E-state index is 13.7. The number of hydrogen-bond donors (Lipinski definition) is 0. The lowest BCUT2D eigenvalue weighted by atomic mass is 9.94. The van der Waals surface area contributed by atoms with E-state index in [-0.39, 0.29) is 11.6 Å². The zero-order valence-electron chi connectivity index (χ0n) is 20.8. The maximum atomic E-state index is 13.7. The van der Waals surface area contributed by atoms with Gasteiger partial charge in [0.15, 0.2) is 5.78 Å². The number of rotatable bonds is 9. The first-order chi connectivity index (χ1) is 18.2. The van der Waals surface area contributed by atoms with Crippen molar-refractivity contribution in [2.75, 3.05) is 26.2 Å². The lowest BCUT2D eigenvalue weighted by molar-refractivity contribution is 0.105. The smallest absolute Gasteiger partial charge is 0.193 e. The van der Waals surface area contributed by atoms with Crippen molar-refractivity contribution in [3.63, 3.8) is 0 Å². The highest BCUT2D eigenvalue weighted by Gasteiger charge is 2.16. The summed E-state index contributed by atoms with van der Waals surface area (Å²) in [6, 6.07) is 31.5. The number of likely N-dealkylation sites (tertiary alicyclic amines) is 1. The summed E-state index contributed by atoms with van der Waals surface area (Å²) in [6.45, 7) is 3.88. The van der Waals surface area contributed by atoms with E-state index in [1.165, 1.54) is 25.0 Å². The van der Waals surface area contributed by atoms with Gasteiger partial charge in [0, 0.05) is 17.7 Å². The number of allylic oxidation sites excluding steroid dienone is 1. The maximum Gasteiger partial charge on any atom is 0.193 e. The molecule has 37 heavy (non-hydrogen) atoms. The Hall–Kier alpha value is -4.02. The molecule has 1 aliphatic rings. The van der Waals surface area contributed by atoms with E-state index in [0.29, 0.717) is 17.7 Å². The highest BCUT2D eigenvalue weighted by atomic mass is 19.1. The van der Waals surface area contributed by atoms with Gasteiger partial charge in [-0.2, -0.15) is 0 Å². The predicted octanol–water partition coefficient (Wildman–Crippen LogP) is 7.39. The molecule has 0 aromatic heterocycles. The Morgan fingerprint density at radius 1 is 0.784 bits per heavy atom. The van der Waals surface area contributed by atoms with Gasteiger partial charge in [0.1, 0.15) is 18.2 Å². The number of halogens is 1. The fourth-order valence-electron chi connectivity index (χ4n) is 4.67. The summed E-state index contributed by atoms with van der Waals surface area (Å²) < 4.78 is 19.3. The third kappa shape index (κ3) is 6.41. The fourth-order valence-corrected chi connectivity index (χ4v) is 4.67. The molecule has 4 aromatic rings. The van der Waals surface area contributed by atoms with Gasteiger partial charge in [0.05, 0.1) is 0 Å². The van der Waals surface area contributed by atoms with Gasteiger partial charge in [-0.05, 0) is 96.7 Å². The Bertz CT molecular complexity index is 1360. The van der Waals surface area contributed by atoms with E-state index >= 15 is 0 Å². The van der Waals surface area contributed by atoms with E-state index in [1.807, 2.05) is 84.9 Å². The van der Waals surface area contributed by atoms with Crippen molar-refractivity contribution in [2.45, 2.75) is 12.8 Å². The van der Waals surface area contributed by atoms with Crippen molar-refractivity contribution in [2.24, 2.45) is 0 Å². The summed E-state index contributed by atoms with van der Waals surface area (Å²) in [5.74, 6) is 0.453. The van der Waals surface area contributed by atoms with Gasteiger partial charge >= 0.3 is 0 Å². The minimum Gasteiger partial charge on any atom is -0.492 e. The van der Waals surface area contributed by atoms with Crippen LogP contribution in [0.4, 0.5) is 4.39 Å². The molecule has 3 nitrogen and oxygen atoms in total. The number of nitrogens with zero attached hydrogens (tertiary/aromatic N) is 1. The average molecular weight is 492 g/mol. The van der Waals surface area contributed by atoms with Crippen molar-refractivity contribution in [1.29, 1.82) is 0 Å². The number of carbonyl (C=O) groups is 1. The summed E-state index contributed by atoms with van der Waals surface area (Å²) in [7, 11) is 0. The van der Waals surface area contributed by atoms with Gasteiger partial charge in [0.25, 0.3) is 0 Å². The van der Waals surface area contributed by atoms with Gasteiger partial charge in [0.2, 0.25) is 0 Å². The van der Waals surface area contributed by atoms with E-state index < -0.39 is 0 Å². The van der Waals surface area contributed by atoms with E-state index in [4.69, 9.17) is 4.74 Å². The minimum atomic E-state index is -0.264. The number of ether oxygens (including phenoxy) is 1. The molecule has 0 radical (unpaired) electrons. The number of ketones is 1. The quantitative estimate of drug-likeness (QED) is 0.139. The van der Waals surface area contributed by atoms with Crippen LogP contribution < -0.4 is 4.74 Å². The van der Waals surface area contributed by atoms with Gasteiger partial charge in [-0.15, -0.1) is 0 Å². The van der Waals surface area contributed by atoms with Crippen molar-refractivity contribution in [3.8, 4) is 16.9 Å². The van der Waals surface area contributed by atoms with Crippen LogP contribution >= 0.6 is 0 Å². The zero-order chi connectivity index (χ0) is 25.5. The van der Waals surface area contributed by atoms with Crippen LogP contribution in [0.25, 0.3) is 22.8 Å². The zero-order valence-corrected chi connectivity index (χ0v) is 20.8. The number of benzene rings is 4. The summed E-state index contributed by atoms with van der Waals surface area (Å²) in [5, 5.41) is 0. The molecular formula is C33H30FNO2. The van der Waals surface area contributed by atoms with Gasteiger partial charge in [-0.25, -0.2) is 4.39 Å². The molecule has 0 bridgehead atoms. The van der Waals surface area contributed by atoms with Crippen LogP contribution in [0.5, 0.6) is 5.75 Å². The topological polar surface area (TPSA) is 29.5 Å². The lowest BCUT2D eigenvalue weighted by Gasteiger charge is -2.15. The van der Waals surface area contributed by atoms with Crippen LogP contribution in [-0.2, 0) is 0 Å². The molecule has 1 heterocycles. The molecule has 0 saturated carbocycles. The second kappa shape index (κ2) is 11.8. The van der Waals surface area contributed by atoms with Crippen molar-refractivity contribution in [1.82, 2.24) is 4.90 Å². The van der Waals surface area contributed by atoms with Crippen molar-refractivity contribution < 1.29 is 13.9 Å². The number of hydrogen-bond acceptors (Lipinski definition) is 3. The molecule has 0 atom stereocenters. The van der Waals surface area contributed by atoms with E-state index in [9.17, 15) is 9.18 Å². The van der Waals surface area contributed by atoms with E-state index in [0.717, 1.165) is 47.6 Å². The minimum absolute atomic E-state index is 0.0537. The number of carbonyl (C=O) groups excluding carboxylic acids is 1. The molecule has 0 amide bonds. The largest absolute Gasteiger partial charge is 0.492 e. The van der Waals surface area contributed by atoms with Crippen LogP contribution in [0.2, 0.25) is 0 Å². The standard InChI is InChI=1S/C33H30FNO2/c34-30-15-11-26(12-16-30)29-10-6-7-25(23-29)24-32(27-8-2-1-3-9-27)33(36)28-13-17-31(18-14-28)37-22-21-35-19-4-5-20-35/h1-3,6-18,23-24H,4-5,19-22H2/b32-24+. The van der Waals surface area contributed by atoms with Crippen molar-refractivity contribution in [3.05, 3.63) is 126 Å². The van der Waals surface area contributed by atoms with Gasteiger partial charge in [-0.3, -0.25) is 9.69 Å². The SMILES string of the molecule is O=C(/C(=C/c1cccc(-c2ccc(F)cc2)c1)c1ccccc1)c1ccc(OCCN2CCCC2)cc1. The first kappa shape index (κ1) is 24.7. The first-order valence-corrected chi connectivity index (χ1v) is 12.8. The molecule has 186 valence electrons. The Kier molecular flexibility index (Phi) is 7.87. The van der Waals surface area contributed by atoms with Crippen LogP contribution in [0.15, 0.2) is 103 Å². The highest BCUT2D eigenvalue weighted by molar-refractivity contribution is 6.32. The molecular weight excluding hydrogens is 461 g/mol. The number of Topliss-reactive ketones (excluding diaryl/α,β-unsaturated/α-hetero) is 1. The third-order valence-electron chi connectivity index (χ3n) is 6.70. The second-order valence-electron chi connectivity index (χ2n) is 9.31. The van der Waals surface area contributed by atoms with Crippen LogP contribution in [-0.4, -0.2) is 36.9 Å². The summed E-state index contributed by atoms with van der Waals surface area (Å²) in [5.41, 5.74) is 4.85. The monoisotopic (exact) mass is 491 g/mol. The van der Waals surface area contributed by atoms with Crippen LogP contribution in [0, 0.1) is 5.82 Å². The molecule has 0 unspecified atom stereocenters. The molecule has 0 N–H and O–H groups in total. The van der Waals surface area contributed by atoms with Gasteiger partial charge in [-0.1, -0.05) is 60.7 Å². The summed E-state index contributed by atoms with van der Waals surface area (Å²) in [6.07, 6.45) is 4.46. The Morgan fingerprint density at radius 3 is 2.24 bits per heavy atom. The van der Waals surface area contributed by atoms with Crippen molar-refractivity contribution >= 4 is 17.4 Å². The highest BCUT2D eigenvalue weighted by Crippen LogP contribution is 2.27. The summed E-state index contributed by atoms with van der Waals surface area (Å²) >= 11 is 0. The first-order valence-electron chi connectivity index (χ1n) is 12.8. The van der Waals surface area contributed by atoms with Crippen LogP contribution in [0.3, 0.4) is 0 Å². The average Bonchev–Trinajstić information content (AvgIpc) is 3.46. The lowest BCUT2D eigenvalue weighted by Crippen LogP contribution is -2.25. The molecule has 1 saturated heterocycles. The van der Waals surface area contributed by atoms with E-state index in [2.05, 4.69) is 4.90 Å². The van der Waals surface area contributed by atoms with Crippen LogP contribution in [0.1, 0.15) is 34.3 Å². The molecule has 1 fully saturated rings. The Balaban J connectivity index is 1.37. The Morgan fingerprint density at radius 2 is 1.51 bits per heavy atom. The predicted molar refractivity (Wildman–Crippen MR) is 148 cm³/mol. The molecule has 0 aliphatic carbocycles. The molecule has 4 aromatic carbocycles.